The Bertz CT molecular complexity index is 584. The Morgan fingerprint density at radius 1 is 1.25 bits per heavy atom. The molecule has 1 aromatic rings. The Kier molecular flexibility index (Phi) is 7.74. The molecule has 7 heteroatoms. The van der Waals surface area contributed by atoms with Gasteiger partial charge in [-0.05, 0) is 30.5 Å². The summed E-state index contributed by atoms with van der Waals surface area (Å²) >= 11 is 0. The van der Waals surface area contributed by atoms with Gasteiger partial charge in [0.25, 0.3) is 5.91 Å². The predicted octanol–water partition coefficient (Wildman–Crippen LogP) is 1.59. The lowest BCUT2D eigenvalue weighted by atomic mass is 10.0. The molecule has 0 radical (unpaired) electrons. The van der Waals surface area contributed by atoms with E-state index in [1.165, 1.54) is 20.3 Å². The van der Waals surface area contributed by atoms with Gasteiger partial charge in [-0.15, -0.1) is 0 Å². The molecule has 0 aliphatic carbocycles. The van der Waals surface area contributed by atoms with Crippen molar-refractivity contribution in [2.75, 3.05) is 20.8 Å². The van der Waals surface area contributed by atoms with Gasteiger partial charge in [0.2, 0.25) is 0 Å². The van der Waals surface area contributed by atoms with Crippen LogP contribution in [0.1, 0.15) is 30.6 Å². The minimum absolute atomic E-state index is 0.207. The van der Waals surface area contributed by atoms with Crippen LogP contribution in [-0.2, 0) is 14.3 Å². The van der Waals surface area contributed by atoms with Gasteiger partial charge in [-0.3, -0.25) is 9.59 Å². The highest BCUT2D eigenvalue weighted by molar-refractivity contribution is 5.85. The Hall–Kier alpha value is -2.57. The van der Waals surface area contributed by atoms with E-state index in [0.717, 1.165) is 0 Å². The van der Waals surface area contributed by atoms with Gasteiger partial charge in [-0.1, -0.05) is 13.8 Å². The number of esters is 1. The smallest absolute Gasteiger partial charge is 0.328 e. The molecule has 1 amide bonds. The van der Waals surface area contributed by atoms with Crippen LogP contribution in [0, 0.1) is 5.92 Å². The number of ether oxygens (including phenoxy) is 3. The van der Waals surface area contributed by atoms with Crippen molar-refractivity contribution in [3.63, 3.8) is 0 Å². The second kappa shape index (κ2) is 9.54. The second-order valence-corrected chi connectivity index (χ2v) is 5.58. The number of hydrogen-bond donors (Lipinski definition) is 1. The highest BCUT2D eigenvalue weighted by Crippen LogP contribution is 2.22. The van der Waals surface area contributed by atoms with Gasteiger partial charge in [-0.2, -0.15) is 0 Å². The molecule has 0 saturated carbocycles. The second-order valence-electron chi connectivity index (χ2n) is 5.58. The maximum Gasteiger partial charge on any atom is 0.328 e. The number of hydrogen-bond acceptors (Lipinski definition) is 6. The summed E-state index contributed by atoms with van der Waals surface area (Å²) in [6, 6.07) is 3.95. The largest absolute Gasteiger partial charge is 0.497 e. The van der Waals surface area contributed by atoms with Crippen molar-refractivity contribution < 1.29 is 28.6 Å². The van der Waals surface area contributed by atoms with Crippen LogP contribution in [-0.4, -0.2) is 45.0 Å². The Labute approximate surface area is 141 Å². The van der Waals surface area contributed by atoms with E-state index >= 15 is 0 Å². The van der Waals surface area contributed by atoms with Gasteiger partial charge >= 0.3 is 5.97 Å². The summed E-state index contributed by atoms with van der Waals surface area (Å²) in [5.41, 5.74) is 0.272. The summed E-state index contributed by atoms with van der Waals surface area (Å²) in [5.74, 6) is 0.00313. The van der Waals surface area contributed by atoms with E-state index in [-0.39, 0.29) is 23.8 Å². The van der Waals surface area contributed by atoms with Crippen LogP contribution in [0.25, 0.3) is 0 Å². The molecule has 0 aromatic heterocycles. The van der Waals surface area contributed by atoms with Gasteiger partial charge in [0.05, 0.1) is 19.8 Å². The molecular weight excluding hydrogens is 314 g/mol. The SMILES string of the molecule is COC(=O)[C@H](CC(C)C)NC(=O)COc1ccc(OC)cc1C=O. The number of amides is 1. The quantitative estimate of drug-likeness (QED) is 0.543. The number of rotatable bonds is 9. The minimum atomic E-state index is -0.729. The molecule has 1 aromatic carbocycles. The lowest BCUT2D eigenvalue weighted by Crippen LogP contribution is -2.44. The standard InChI is InChI=1S/C17H23NO6/c1-11(2)7-14(17(21)23-4)18-16(20)10-24-15-6-5-13(22-3)8-12(15)9-19/h5-6,8-9,11,14H,7,10H2,1-4H3,(H,18,20)/t14-/m0/s1. The maximum atomic E-state index is 12.0. The fourth-order valence-electron chi connectivity index (χ4n) is 2.08. The average Bonchev–Trinajstić information content (AvgIpc) is 2.57. The molecule has 1 atom stereocenters. The number of methoxy groups -OCH3 is 2. The third-order valence-corrected chi connectivity index (χ3v) is 3.23. The average molecular weight is 337 g/mol. The molecule has 0 fully saturated rings. The van der Waals surface area contributed by atoms with Crippen LogP contribution < -0.4 is 14.8 Å². The zero-order chi connectivity index (χ0) is 18.1. The molecule has 0 heterocycles. The zero-order valence-electron chi connectivity index (χ0n) is 14.3. The van der Waals surface area contributed by atoms with Crippen LogP contribution in [0.5, 0.6) is 11.5 Å². The van der Waals surface area contributed by atoms with E-state index in [1.54, 1.807) is 12.1 Å². The predicted molar refractivity (Wildman–Crippen MR) is 87.3 cm³/mol. The van der Waals surface area contributed by atoms with Gasteiger partial charge in [0, 0.05) is 0 Å². The van der Waals surface area contributed by atoms with Gasteiger partial charge < -0.3 is 19.5 Å². The fourth-order valence-corrected chi connectivity index (χ4v) is 2.08. The summed E-state index contributed by atoms with van der Waals surface area (Å²) in [6.45, 7) is 3.55. The van der Waals surface area contributed by atoms with E-state index in [2.05, 4.69) is 10.1 Å². The van der Waals surface area contributed by atoms with E-state index in [9.17, 15) is 14.4 Å². The lowest BCUT2D eigenvalue weighted by molar-refractivity contribution is -0.145. The van der Waals surface area contributed by atoms with Crippen molar-refractivity contribution in [1.29, 1.82) is 0 Å². The first-order chi connectivity index (χ1) is 11.4. The third-order valence-electron chi connectivity index (χ3n) is 3.23. The van der Waals surface area contributed by atoms with Crippen LogP contribution in [0.4, 0.5) is 0 Å². The Morgan fingerprint density at radius 2 is 1.96 bits per heavy atom. The summed E-state index contributed by atoms with van der Waals surface area (Å²) in [6.07, 6.45) is 1.08. The topological polar surface area (TPSA) is 90.9 Å². The summed E-state index contributed by atoms with van der Waals surface area (Å²) in [5, 5.41) is 2.58. The van der Waals surface area contributed by atoms with Crippen molar-refractivity contribution in [3.05, 3.63) is 23.8 Å². The van der Waals surface area contributed by atoms with Gasteiger partial charge in [-0.25, -0.2) is 4.79 Å². The summed E-state index contributed by atoms with van der Waals surface area (Å²) < 4.78 is 15.1. The van der Waals surface area contributed by atoms with E-state index in [0.29, 0.717) is 18.5 Å². The highest BCUT2D eigenvalue weighted by atomic mass is 16.5. The number of carbonyl (C=O) groups is 3. The third kappa shape index (κ3) is 5.91. The maximum absolute atomic E-state index is 12.0. The van der Waals surface area contributed by atoms with Crippen LogP contribution >= 0.6 is 0 Å². The van der Waals surface area contributed by atoms with Gasteiger partial charge in [0.15, 0.2) is 12.9 Å². The number of carbonyl (C=O) groups excluding carboxylic acids is 3. The van der Waals surface area contributed by atoms with E-state index < -0.39 is 17.9 Å². The first-order valence-electron chi connectivity index (χ1n) is 7.54. The van der Waals surface area contributed by atoms with Crippen molar-refractivity contribution in [2.45, 2.75) is 26.3 Å². The van der Waals surface area contributed by atoms with E-state index in [1.807, 2.05) is 13.8 Å². The first kappa shape index (κ1) is 19.5. The van der Waals surface area contributed by atoms with Crippen LogP contribution in [0.3, 0.4) is 0 Å². The Morgan fingerprint density at radius 3 is 2.50 bits per heavy atom. The molecule has 0 aliphatic heterocycles. The molecular formula is C17H23NO6. The molecule has 0 saturated heterocycles. The minimum Gasteiger partial charge on any atom is -0.497 e. The lowest BCUT2D eigenvalue weighted by Gasteiger charge is -2.18. The number of nitrogens with one attached hydrogen (secondary N) is 1. The molecule has 132 valence electrons. The Balaban J connectivity index is 2.67. The van der Waals surface area contributed by atoms with Gasteiger partial charge in [0.1, 0.15) is 17.5 Å². The molecule has 0 spiro atoms. The van der Waals surface area contributed by atoms with Crippen LogP contribution in [0.2, 0.25) is 0 Å². The molecule has 0 aliphatic rings. The summed E-state index contributed by atoms with van der Waals surface area (Å²) in [4.78, 5) is 34.8. The number of benzene rings is 1. The number of aldehydes is 1. The molecule has 0 unspecified atom stereocenters. The highest BCUT2D eigenvalue weighted by Gasteiger charge is 2.22. The zero-order valence-corrected chi connectivity index (χ0v) is 14.3. The van der Waals surface area contributed by atoms with Crippen molar-refractivity contribution in [1.82, 2.24) is 5.32 Å². The molecule has 1 N–H and O–H groups in total. The first-order valence-corrected chi connectivity index (χ1v) is 7.54. The monoisotopic (exact) mass is 337 g/mol. The van der Waals surface area contributed by atoms with Crippen LogP contribution in [0.15, 0.2) is 18.2 Å². The molecule has 24 heavy (non-hydrogen) atoms. The molecule has 0 bridgehead atoms. The van der Waals surface area contributed by atoms with E-state index in [4.69, 9.17) is 9.47 Å². The molecule has 1 rings (SSSR count). The summed E-state index contributed by atoms with van der Waals surface area (Å²) in [7, 11) is 2.76. The van der Waals surface area contributed by atoms with Crippen molar-refractivity contribution in [2.24, 2.45) is 5.92 Å². The normalized spacial score (nSPS) is 11.5. The van der Waals surface area contributed by atoms with Crippen molar-refractivity contribution in [3.8, 4) is 11.5 Å². The fraction of sp³-hybridized carbons (Fsp3) is 0.471. The van der Waals surface area contributed by atoms with Crippen molar-refractivity contribution >= 4 is 18.2 Å². The molecule has 7 nitrogen and oxygen atoms in total.